The Balaban J connectivity index is 1.95. The lowest BCUT2D eigenvalue weighted by Crippen LogP contribution is -2.39. The first-order valence-electron chi connectivity index (χ1n) is 7.20. The molecule has 0 spiro atoms. The lowest BCUT2D eigenvalue weighted by molar-refractivity contribution is 0.102. The third kappa shape index (κ3) is 3.50. The maximum atomic E-state index is 13.8. The Hall–Kier alpha value is -3.62. The number of carbonyl (C=O) groups is 1. The van der Waals surface area contributed by atoms with E-state index in [0.717, 1.165) is 10.8 Å². The van der Waals surface area contributed by atoms with Gasteiger partial charge < -0.3 is 4.98 Å². The summed E-state index contributed by atoms with van der Waals surface area (Å²) in [4.78, 5) is 46.5. The smallest absolute Gasteiger partial charge is 0.313 e. The average molecular weight is 341 g/mol. The second-order valence-corrected chi connectivity index (χ2v) is 5.02. The summed E-state index contributed by atoms with van der Waals surface area (Å²) in [6, 6.07) is 7.32. The third-order valence-corrected chi connectivity index (χ3v) is 3.38. The maximum absolute atomic E-state index is 13.8. The molecule has 0 saturated carbocycles. The Bertz CT molecular complexity index is 1030. The second kappa shape index (κ2) is 6.87. The molecule has 3 rings (SSSR count). The first-order valence-corrected chi connectivity index (χ1v) is 7.20. The third-order valence-electron chi connectivity index (χ3n) is 3.38. The Morgan fingerprint density at radius 3 is 2.60 bits per heavy atom. The minimum absolute atomic E-state index is 0.0127. The van der Waals surface area contributed by atoms with Gasteiger partial charge >= 0.3 is 5.69 Å². The minimum Gasteiger partial charge on any atom is -0.313 e. The Morgan fingerprint density at radius 1 is 1.16 bits per heavy atom. The normalized spacial score (nSPS) is 10.4. The molecule has 1 aromatic carbocycles. The molecule has 0 unspecified atom stereocenters. The van der Waals surface area contributed by atoms with Crippen molar-refractivity contribution in [3.63, 3.8) is 0 Å². The number of benzene rings is 1. The monoisotopic (exact) mass is 341 g/mol. The predicted octanol–water partition coefficient (Wildman–Crippen LogP) is 0.766. The molecule has 0 saturated heterocycles. The van der Waals surface area contributed by atoms with Crippen LogP contribution in [0.25, 0.3) is 0 Å². The summed E-state index contributed by atoms with van der Waals surface area (Å²) < 4.78 is 14.5. The largest absolute Gasteiger partial charge is 0.328 e. The molecule has 9 heteroatoms. The predicted molar refractivity (Wildman–Crippen MR) is 86.8 cm³/mol. The van der Waals surface area contributed by atoms with E-state index in [1.807, 2.05) is 0 Å². The van der Waals surface area contributed by atoms with Crippen LogP contribution in [-0.2, 0) is 6.54 Å². The van der Waals surface area contributed by atoms with Crippen LogP contribution in [0.3, 0.4) is 0 Å². The molecule has 8 nitrogen and oxygen atoms in total. The summed E-state index contributed by atoms with van der Waals surface area (Å²) in [5.74, 6) is -1.32. The van der Waals surface area contributed by atoms with E-state index >= 15 is 0 Å². The quantitative estimate of drug-likeness (QED) is 0.728. The van der Waals surface area contributed by atoms with E-state index < -0.39 is 23.0 Å². The lowest BCUT2D eigenvalue weighted by Gasteiger charge is -2.08. The van der Waals surface area contributed by atoms with E-state index in [9.17, 15) is 18.8 Å². The van der Waals surface area contributed by atoms with Crippen LogP contribution in [0, 0.1) is 5.82 Å². The van der Waals surface area contributed by atoms with Crippen LogP contribution in [-0.4, -0.2) is 25.4 Å². The van der Waals surface area contributed by atoms with Crippen LogP contribution in [0.15, 0.2) is 58.5 Å². The molecule has 2 aromatic heterocycles. The summed E-state index contributed by atoms with van der Waals surface area (Å²) in [5, 5.41) is 2.35. The van der Waals surface area contributed by atoms with Gasteiger partial charge in [0.2, 0.25) is 5.95 Å². The van der Waals surface area contributed by atoms with Crippen LogP contribution in [0.4, 0.5) is 10.3 Å². The molecule has 0 aliphatic rings. The number of rotatable bonds is 4. The molecule has 0 radical (unpaired) electrons. The van der Waals surface area contributed by atoms with E-state index in [4.69, 9.17) is 0 Å². The number of anilines is 1. The summed E-state index contributed by atoms with van der Waals surface area (Å²) in [5.41, 5.74) is -1.76. The van der Waals surface area contributed by atoms with E-state index in [1.165, 1.54) is 30.6 Å². The van der Waals surface area contributed by atoms with Crippen LogP contribution in [0.5, 0.6) is 0 Å². The topological polar surface area (TPSA) is 110 Å². The van der Waals surface area contributed by atoms with Crippen molar-refractivity contribution < 1.29 is 9.18 Å². The summed E-state index contributed by atoms with van der Waals surface area (Å²) >= 11 is 0. The number of aromatic amines is 1. The van der Waals surface area contributed by atoms with Crippen LogP contribution in [0.2, 0.25) is 0 Å². The average Bonchev–Trinajstić information content (AvgIpc) is 2.61. The fraction of sp³-hybridized carbons (Fsp3) is 0.0625. The molecule has 0 bridgehead atoms. The molecule has 3 aromatic rings. The fourth-order valence-corrected chi connectivity index (χ4v) is 2.15. The van der Waals surface area contributed by atoms with Gasteiger partial charge in [0.05, 0.1) is 6.54 Å². The summed E-state index contributed by atoms with van der Waals surface area (Å²) in [6.07, 6.45) is 3.85. The number of nitrogens with one attached hydrogen (secondary N) is 2. The van der Waals surface area contributed by atoms with Crippen LogP contribution in [0.1, 0.15) is 15.9 Å². The van der Waals surface area contributed by atoms with Crippen LogP contribution < -0.4 is 16.6 Å². The van der Waals surface area contributed by atoms with Crippen LogP contribution >= 0.6 is 0 Å². The molecule has 1 amide bonds. The van der Waals surface area contributed by atoms with Gasteiger partial charge in [-0.2, -0.15) is 0 Å². The van der Waals surface area contributed by atoms with Gasteiger partial charge in [-0.15, -0.1) is 0 Å². The summed E-state index contributed by atoms with van der Waals surface area (Å²) in [7, 11) is 0. The Morgan fingerprint density at radius 2 is 1.88 bits per heavy atom. The number of aromatic nitrogens is 4. The zero-order valence-corrected chi connectivity index (χ0v) is 12.8. The van der Waals surface area contributed by atoms with Gasteiger partial charge in [0.1, 0.15) is 11.4 Å². The molecule has 2 N–H and O–H groups in total. The molecule has 0 aliphatic carbocycles. The van der Waals surface area contributed by atoms with Gasteiger partial charge in [0.15, 0.2) is 0 Å². The molecular formula is C16H12FN5O3. The fourth-order valence-electron chi connectivity index (χ4n) is 2.15. The molecule has 0 atom stereocenters. The van der Waals surface area contributed by atoms with Crippen molar-refractivity contribution in [2.24, 2.45) is 0 Å². The number of carbonyl (C=O) groups excluding carboxylic acids is 1. The van der Waals surface area contributed by atoms with E-state index in [1.54, 1.807) is 12.1 Å². The number of H-pyrrole nitrogens is 1. The molecule has 25 heavy (non-hydrogen) atoms. The highest BCUT2D eigenvalue weighted by Crippen LogP contribution is 2.06. The number of hydrogen-bond donors (Lipinski definition) is 2. The van der Waals surface area contributed by atoms with Gasteiger partial charge in [-0.3, -0.25) is 19.5 Å². The lowest BCUT2D eigenvalue weighted by atomic mass is 10.2. The first-order chi connectivity index (χ1) is 12.1. The molecule has 2 heterocycles. The van der Waals surface area contributed by atoms with Gasteiger partial charge in [-0.05, 0) is 12.1 Å². The molecule has 126 valence electrons. The number of halogens is 1. The zero-order chi connectivity index (χ0) is 17.8. The molecule has 0 fully saturated rings. The van der Waals surface area contributed by atoms with E-state index in [-0.39, 0.29) is 23.6 Å². The summed E-state index contributed by atoms with van der Waals surface area (Å²) in [6.45, 7) is -0.302. The van der Waals surface area contributed by atoms with Crippen molar-refractivity contribution in [3.05, 3.63) is 86.7 Å². The highest BCUT2D eigenvalue weighted by molar-refractivity contribution is 6.02. The van der Waals surface area contributed by atoms with Gasteiger partial charge in [0, 0.05) is 24.2 Å². The maximum Gasteiger partial charge on any atom is 0.328 e. The van der Waals surface area contributed by atoms with Crippen molar-refractivity contribution in [3.8, 4) is 0 Å². The second-order valence-electron chi connectivity index (χ2n) is 5.02. The van der Waals surface area contributed by atoms with E-state index in [0.29, 0.717) is 0 Å². The van der Waals surface area contributed by atoms with Gasteiger partial charge in [-0.1, -0.05) is 18.2 Å². The number of hydrogen-bond acceptors (Lipinski definition) is 5. The van der Waals surface area contributed by atoms with Crippen molar-refractivity contribution >= 4 is 11.9 Å². The van der Waals surface area contributed by atoms with Crippen molar-refractivity contribution in [2.75, 3.05) is 5.32 Å². The molecule has 0 aliphatic heterocycles. The number of nitrogens with zero attached hydrogens (tertiary/aromatic N) is 3. The Kier molecular flexibility index (Phi) is 4.46. The van der Waals surface area contributed by atoms with E-state index in [2.05, 4.69) is 20.3 Å². The minimum atomic E-state index is -0.847. The molecular weight excluding hydrogens is 329 g/mol. The van der Waals surface area contributed by atoms with Gasteiger partial charge in [0.25, 0.3) is 11.5 Å². The Labute approximate surface area is 140 Å². The van der Waals surface area contributed by atoms with Gasteiger partial charge in [-0.25, -0.2) is 19.2 Å². The standard InChI is InChI=1S/C16H12FN5O3/c17-12-5-2-1-4-10(12)9-22-14(24)11(8-20-16(22)25)13(23)21-15-18-6-3-7-19-15/h1-8H,9H2,(H,20,25)(H,18,19,21,23). The SMILES string of the molecule is O=C(Nc1ncccn1)c1c[nH]c(=O)n(Cc2ccccc2F)c1=O. The van der Waals surface area contributed by atoms with Crippen molar-refractivity contribution in [1.29, 1.82) is 0 Å². The van der Waals surface area contributed by atoms with Crippen molar-refractivity contribution in [2.45, 2.75) is 6.54 Å². The highest BCUT2D eigenvalue weighted by Gasteiger charge is 2.16. The first kappa shape index (κ1) is 16.2. The van der Waals surface area contributed by atoms with Crippen molar-refractivity contribution in [1.82, 2.24) is 19.5 Å². The number of amides is 1. The zero-order valence-electron chi connectivity index (χ0n) is 12.8. The highest BCUT2D eigenvalue weighted by atomic mass is 19.1.